The number of nitrogens with one attached hydrogen (secondary N) is 2. The highest BCUT2D eigenvalue weighted by molar-refractivity contribution is 6.25. The van der Waals surface area contributed by atoms with Crippen molar-refractivity contribution in [3.63, 3.8) is 0 Å². The second-order valence-corrected chi connectivity index (χ2v) is 15.7. The second kappa shape index (κ2) is 19.6. The van der Waals surface area contributed by atoms with Gasteiger partial charge < -0.3 is 29.0 Å². The summed E-state index contributed by atoms with van der Waals surface area (Å²) in [6.45, 7) is 10.4. The van der Waals surface area contributed by atoms with E-state index in [1.54, 1.807) is 18.2 Å². The molecule has 4 amide bonds. The van der Waals surface area contributed by atoms with Crippen LogP contribution in [0.25, 0.3) is 21.7 Å². The van der Waals surface area contributed by atoms with Gasteiger partial charge in [-0.25, -0.2) is 0 Å². The van der Waals surface area contributed by atoms with E-state index in [4.69, 9.17) is 14.2 Å². The van der Waals surface area contributed by atoms with Crippen LogP contribution < -0.4 is 15.4 Å². The van der Waals surface area contributed by atoms with Crippen LogP contribution in [-0.2, 0) is 32.0 Å². The van der Waals surface area contributed by atoms with Crippen LogP contribution in [-0.4, -0.2) is 128 Å². The molecule has 2 N–H and O–H groups in total. The highest BCUT2D eigenvalue weighted by Gasteiger charge is 2.45. The molecule has 0 spiro atoms. The smallest absolute Gasteiger partial charge is 0.264 e. The molecule has 0 radical (unpaired) electrons. The lowest BCUT2D eigenvalue weighted by Gasteiger charge is -2.34. The van der Waals surface area contributed by atoms with Crippen molar-refractivity contribution >= 4 is 51.0 Å². The Hall–Kier alpha value is -5.60. The Morgan fingerprint density at radius 1 is 0.683 bits per heavy atom. The molecular weight excluding hydrogens is 761 g/mol. The van der Waals surface area contributed by atoms with Gasteiger partial charge in [0.15, 0.2) is 0 Å². The van der Waals surface area contributed by atoms with Crippen LogP contribution in [0, 0.1) is 0 Å². The van der Waals surface area contributed by atoms with Crippen molar-refractivity contribution < 1.29 is 33.4 Å². The van der Waals surface area contributed by atoms with Crippen LogP contribution in [0.5, 0.6) is 5.75 Å². The van der Waals surface area contributed by atoms with Gasteiger partial charge >= 0.3 is 0 Å². The lowest BCUT2D eigenvalue weighted by atomic mass is 10.0. The van der Waals surface area contributed by atoms with Crippen molar-refractivity contribution in [3.8, 4) is 5.75 Å². The molecule has 13 heteroatoms. The van der Waals surface area contributed by atoms with Gasteiger partial charge in [0.25, 0.3) is 11.8 Å². The molecule has 2 saturated heterocycles. The summed E-state index contributed by atoms with van der Waals surface area (Å²) in [7, 11) is 0. The van der Waals surface area contributed by atoms with E-state index in [0.29, 0.717) is 45.3 Å². The summed E-state index contributed by atoms with van der Waals surface area (Å²) < 4.78 is 20.3. The van der Waals surface area contributed by atoms with E-state index in [9.17, 15) is 19.2 Å². The largest absolute Gasteiger partial charge is 0.493 e. The van der Waals surface area contributed by atoms with Crippen LogP contribution in [0.1, 0.15) is 52.0 Å². The van der Waals surface area contributed by atoms with Gasteiger partial charge in [-0.1, -0.05) is 60.7 Å². The lowest BCUT2D eigenvalue weighted by molar-refractivity contribution is -0.136. The van der Waals surface area contributed by atoms with Crippen LogP contribution >= 0.6 is 0 Å². The number of hydrogen-bond acceptors (Lipinski definition) is 10. The molecule has 3 aliphatic heterocycles. The van der Waals surface area contributed by atoms with Gasteiger partial charge in [0.1, 0.15) is 11.8 Å². The van der Waals surface area contributed by atoms with Crippen molar-refractivity contribution in [1.82, 2.24) is 24.6 Å². The number of para-hydroxylation sites is 1. The number of rotatable bonds is 20. The molecule has 5 aromatic rings. The number of anilines is 1. The van der Waals surface area contributed by atoms with Crippen molar-refractivity contribution in [2.75, 3.05) is 84.2 Å². The third-order valence-electron chi connectivity index (χ3n) is 11.8. The molecule has 3 aliphatic rings. The number of amides is 4. The maximum atomic E-state index is 13.3. The molecule has 60 heavy (non-hydrogen) atoms. The molecule has 4 heterocycles. The Labute approximate surface area is 350 Å². The molecule has 2 fully saturated rings. The van der Waals surface area contributed by atoms with Gasteiger partial charge in [0, 0.05) is 93.6 Å². The standard InChI is InChI=1S/C47H54N6O7/c54-43-19-18-41(45(55)49-43)53-46(56)38-14-6-15-39(44(38)47(53)57)48-20-30-59-32-31-58-28-8-21-50-22-24-51(25-23-50)26-27-52-33-35(36-12-3-4-16-40(36)52)11-7-29-60-42-17-5-10-34-9-1-2-13-37(34)42/h1-6,9-10,12-17,33,41,48H,7-8,11,18-32H2,(H,49,54,55). The van der Waals surface area contributed by atoms with E-state index < -0.39 is 29.7 Å². The van der Waals surface area contributed by atoms with Crippen LogP contribution in [0.15, 0.2) is 91.1 Å². The van der Waals surface area contributed by atoms with Gasteiger partial charge in [0.05, 0.1) is 37.6 Å². The van der Waals surface area contributed by atoms with Crippen molar-refractivity contribution in [1.29, 1.82) is 0 Å². The lowest BCUT2D eigenvalue weighted by Crippen LogP contribution is -2.54. The molecule has 0 bridgehead atoms. The highest BCUT2D eigenvalue weighted by Crippen LogP contribution is 2.32. The molecule has 0 saturated carbocycles. The van der Waals surface area contributed by atoms with Gasteiger partial charge in [-0.15, -0.1) is 0 Å². The first-order chi connectivity index (χ1) is 29.4. The van der Waals surface area contributed by atoms with Crippen LogP contribution in [0.4, 0.5) is 5.69 Å². The van der Waals surface area contributed by atoms with E-state index in [0.717, 1.165) is 81.1 Å². The average molecular weight is 815 g/mol. The molecule has 0 aliphatic carbocycles. The third-order valence-corrected chi connectivity index (χ3v) is 11.8. The van der Waals surface area contributed by atoms with E-state index >= 15 is 0 Å². The zero-order chi connectivity index (χ0) is 41.3. The Morgan fingerprint density at radius 2 is 1.42 bits per heavy atom. The number of nitrogens with zero attached hydrogens (tertiary/aromatic N) is 4. The molecular formula is C47H54N6O7. The zero-order valence-electron chi connectivity index (χ0n) is 34.1. The number of benzene rings is 4. The Bertz CT molecular complexity index is 2310. The number of aromatic nitrogens is 1. The summed E-state index contributed by atoms with van der Waals surface area (Å²) in [4.78, 5) is 56.4. The third kappa shape index (κ3) is 9.55. The number of carbonyl (C=O) groups excluding carboxylic acids is 4. The van der Waals surface area contributed by atoms with Gasteiger partial charge in [0.2, 0.25) is 11.8 Å². The first kappa shape index (κ1) is 41.1. The molecule has 13 nitrogen and oxygen atoms in total. The fourth-order valence-corrected chi connectivity index (χ4v) is 8.59. The number of ether oxygens (including phenoxy) is 3. The first-order valence-electron chi connectivity index (χ1n) is 21.3. The van der Waals surface area contributed by atoms with E-state index in [2.05, 4.69) is 97.9 Å². The van der Waals surface area contributed by atoms with Crippen LogP contribution in [0.3, 0.4) is 0 Å². The number of aryl methyl sites for hydroxylation is 1. The molecule has 1 unspecified atom stereocenters. The van der Waals surface area contributed by atoms with Crippen molar-refractivity contribution in [2.24, 2.45) is 0 Å². The van der Waals surface area contributed by atoms with E-state index in [-0.39, 0.29) is 24.0 Å². The summed E-state index contributed by atoms with van der Waals surface area (Å²) >= 11 is 0. The van der Waals surface area contributed by atoms with Gasteiger partial charge in [-0.05, 0) is 60.9 Å². The summed E-state index contributed by atoms with van der Waals surface area (Å²) in [5.74, 6) is -1.14. The topological polar surface area (TPSA) is 135 Å². The number of imide groups is 2. The number of piperazine rings is 1. The average Bonchev–Trinajstić information content (AvgIpc) is 3.75. The molecule has 4 aromatic carbocycles. The normalized spacial score (nSPS) is 17.5. The van der Waals surface area contributed by atoms with Crippen molar-refractivity contribution in [2.45, 2.75) is 44.7 Å². The minimum Gasteiger partial charge on any atom is -0.493 e. The Morgan fingerprint density at radius 3 is 2.25 bits per heavy atom. The molecule has 314 valence electrons. The predicted molar refractivity (Wildman–Crippen MR) is 230 cm³/mol. The maximum absolute atomic E-state index is 13.3. The number of fused-ring (bicyclic) bond motifs is 3. The quantitative estimate of drug-likeness (QED) is 0.0782. The highest BCUT2D eigenvalue weighted by atomic mass is 16.5. The Kier molecular flexibility index (Phi) is 13.5. The Balaban J connectivity index is 0.679. The number of hydrogen-bond donors (Lipinski definition) is 2. The fraction of sp³-hybridized carbons (Fsp3) is 0.404. The van der Waals surface area contributed by atoms with Crippen molar-refractivity contribution in [3.05, 3.63) is 108 Å². The van der Waals surface area contributed by atoms with E-state index in [1.807, 2.05) is 0 Å². The first-order valence-corrected chi connectivity index (χ1v) is 21.3. The second-order valence-electron chi connectivity index (χ2n) is 15.7. The monoisotopic (exact) mass is 814 g/mol. The molecule has 1 atom stereocenters. The molecule has 1 aromatic heterocycles. The minimum atomic E-state index is -0.996. The van der Waals surface area contributed by atoms with E-state index in [1.165, 1.54) is 21.9 Å². The summed E-state index contributed by atoms with van der Waals surface area (Å²) in [6, 6.07) is 27.4. The fourth-order valence-electron chi connectivity index (χ4n) is 8.59. The van der Waals surface area contributed by atoms with Gasteiger partial charge in [-0.2, -0.15) is 0 Å². The minimum absolute atomic E-state index is 0.0795. The number of piperidine rings is 1. The summed E-state index contributed by atoms with van der Waals surface area (Å²) in [6.07, 6.45) is 5.46. The summed E-state index contributed by atoms with van der Waals surface area (Å²) in [5.41, 5.74) is 3.68. The zero-order valence-corrected chi connectivity index (χ0v) is 34.1. The van der Waals surface area contributed by atoms with Crippen LogP contribution in [0.2, 0.25) is 0 Å². The van der Waals surface area contributed by atoms with Gasteiger partial charge in [-0.3, -0.25) is 34.3 Å². The predicted octanol–water partition coefficient (Wildman–Crippen LogP) is 5.36. The molecule has 8 rings (SSSR count). The SMILES string of the molecule is O=C1CCC(N2C(=O)c3cccc(NCCOCCOCCCN4CCN(CCn5cc(CCCOc6cccc7ccccc67)c6ccccc65)CC4)c3C2=O)C(=O)N1. The number of carbonyl (C=O) groups is 4. The maximum Gasteiger partial charge on any atom is 0.264 e. The summed E-state index contributed by atoms with van der Waals surface area (Å²) in [5, 5.41) is 9.12.